The van der Waals surface area contributed by atoms with E-state index in [0.717, 1.165) is 34.9 Å². The van der Waals surface area contributed by atoms with Gasteiger partial charge in [-0.25, -0.2) is 0 Å². The van der Waals surface area contributed by atoms with Crippen LogP contribution < -0.4 is 0 Å². The largest absolute Gasteiger partial charge is 0.342 e. The van der Waals surface area contributed by atoms with Gasteiger partial charge in [-0.15, -0.1) is 0 Å². The maximum atomic E-state index is 12.1. The Hall–Kier alpha value is -0.350. The normalized spacial score (nSPS) is 19.6. The van der Waals surface area contributed by atoms with E-state index in [1.807, 2.05) is 29.2 Å². The van der Waals surface area contributed by atoms with Gasteiger partial charge in [0.1, 0.15) is 0 Å². The summed E-state index contributed by atoms with van der Waals surface area (Å²) in [4.78, 5) is 14.1. The van der Waals surface area contributed by atoms with Gasteiger partial charge in [0, 0.05) is 22.9 Å². The molecule has 1 aromatic rings. The van der Waals surface area contributed by atoms with Crippen molar-refractivity contribution in [3.8, 4) is 0 Å². The molecule has 1 aromatic carbocycles. The Morgan fingerprint density at radius 1 is 1.47 bits per heavy atom. The second kappa shape index (κ2) is 6.01. The van der Waals surface area contributed by atoms with E-state index in [4.69, 9.17) is 0 Å². The standard InChI is InChI=1S/C13H15Br2NO/c14-8-11-4-5-16(9-11)13(17)7-10-2-1-3-12(15)6-10/h1-3,6,11H,4-5,7-9H2. The van der Waals surface area contributed by atoms with Crippen molar-refractivity contribution < 1.29 is 4.79 Å². The molecule has 1 heterocycles. The molecular formula is C13H15Br2NO. The van der Waals surface area contributed by atoms with Crippen molar-refractivity contribution in [3.05, 3.63) is 34.3 Å². The van der Waals surface area contributed by atoms with E-state index in [1.165, 1.54) is 0 Å². The SMILES string of the molecule is O=C(Cc1cccc(Br)c1)N1CCC(CBr)C1. The summed E-state index contributed by atoms with van der Waals surface area (Å²) in [6.07, 6.45) is 1.63. The number of halogens is 2. The van der Waals surface area contributed by atoms with Crippen molar-refractivity contribution in [1.82, 2.24) is 4.90 Å². The Balaban J connectivity index is 1.93. The van der Waals surface area contributed by atoms with Crippen molar-refractivity contribution >= 4 is 37.8 Å². The Labute approximate surface area is 119 Å². The second-order valence-electron chi connectivity index (χ2n) is 4.46. The molecule has 0 aromatic heterocycles. The first kappa shape index (κ1) is 13.1. The third-order valence-corrected chi connectivity index (χ3v) is 4.51. The first-order chi connectivity index (χ1) is 8.19. The lowest BCUT2D eigenvalue weighted by atomic mass is 10.1. The minimum absolute atomic E-state index is 0.242. The van der Waals surface area contributed by atoms with Crippen molar-refractivity contribution in [1.29, 1.82) is 0 Å². The summed E-state index contributed by atoms with van der Waals surface area (Å²) in [5.41, 5.74) is 1.08. The molecule has 1 atom stereocenters. The van der Waals surface area contributed by atoms with Crippen LogP contribution in [0.5, 0.6) is 0 Å². The molecule has 0 saturated carbocycles. The molecule has 4 heteroatoms. The van der Waals surface area contributed by atoms with Gasteiger partial charge >= 0.3 is 0 Å². The number of carbonyl (C=O) groups excluding carboxylic acids is 1. The Kier molecular flexibility index (Phi) is 4.62. The van der Waals surface area contributed by atoms with Gasteiger partial charge in [0.15, 0.2) is 0 Å². The third kappa shape index (κ3) is 3.55. The van der Waals surface area contributed by atoms with Gasteiger partial charge in [0.25, 0.3) is 0 Å². The fraction of sp³-hybridized carbons (Fsp3) is 0.462. The van der Waals surface area contributed by atoms with Crippen LogP contribution in [0.2, 0.25) is 0 Å². The van der Waals surface area contributed by atoms with E-state index in [9.17, 15) is 4.79 Å². The maximum Gasteiger partial charge on any atom is 0.226 e. The van der Waals surface area contributed by atoms with Crippen LogP contribution >= 0.6 is 31.9 Å². The fourth-order valence-corrected chi connectivity index (χ4v) is 3.09. The van der Waals surface area contributed by atoms with Gasteiger partial charge in [0.2, 0.25) is 5.91 Å². The molecule has 1 fully saturated rings. The quantitative estimate of drug-likeness (QED) is 0.758. The van der Waals surface area contributed by atoms with E-state index < -0.39 is 0 Å². The smallest absolute Gasteiger partial charge is 0.226 e. The molecule has 1 aliphatic heterocycles. The van der Waals surface area contributed by atoms with Gasteiger partial charge in [-0.2, -0.15) is 0 Å². The number of amides is 1. The number of nitrogens with zero attached hydrogens (tertiary/aromatic N) is 1. The van der Waals surface area contributed by atoms with Crippen LogP contribution in [0, 0.1) is 5.92 Å². The van der Waals surface area contributed by atoms with E-state index >= 15 is 0 Å². The Morgan fingerprint density at radius 2 is 2.29 bits per heavy atom. The first-order valence-corrected chi connectivity index (χ1v) is 7.68. The zero-order valence-electron chi connectivity index (χ0n) is 9.53. The highest BCUT2D eigenvalue weighted by Gasteiger charge is 2.25. The number of hydrogen-bond donors (Lipinski definition) is 0. The molecule has 17 heavy (non-hydrogen) atoms. The van der Waals surface area contributed by atoms with Crippen LogP contribution in [0.1, 0.15) is 12.0 Å². The monoisotopic (exact) mass is 359 g/mol. The maximum absolute atomic E-state index is 12.1. The van der Waals surface area contributed by atoms with Gasteiger partial charge in [-0.1, -0.05) is 44.0 Å². The summed E-state index contributed by atoms with van der Waals surface area (Å²) in [5.74, 6) is 0.869. The average molecular weight is 361 g/mol. The number of hydrogen-bond acceptors (Lipinski definition) is 1. The molecule has 2 nitrogen and oxygen atoms in total. The molecule has 0 N–H and O–H groups in total. The van der Waals surface area contributed by atoms with Crippen LogP contribution in [0.25, 0.3) is 0 Å². The summed E-state index contributed by atoms with van der Waals surface area (Å²) in [7, 11) is 0. The molecule has 1 aliphatic rings. The molecule has 92 valence electrons. The van der Waals surface area contributed by atoms with Crippen molar-refractivity contribution in [2.24, 2.45) is 5.92 Å². The van der Waals surface area contributed by atoms with E-state index in [-0.39, 0.29) is 5.91 Å². The topological polar surface area (TPSA) is 20.3 Å². The highest BCUT2D eigenvalue weighted by atomic mass is 79.9. The molecule has 1 saturated heterocycles. The summed E-state index contributed by atoms with van der Waals surface area (Å²) in [6, 6.07) is 7.96. The van der Waals surface area contributed by atoms with Gasteiger partial charge < -0.3 is 4.90 Å². The van der Waals surface area contributed by atoms with E-state index in [1.54, 1.807) is 0 Å². The zero-order valence-corrected chi connectivity index (χ0v) is 12.7. The average Bonchev–Trinajstić information content (AvgIpc) is 2.77. The highest BCUT2D eigenvalue weighted by molar-refractivity contribution is 9.10. The van der Waals surface area contributed by atoms with Crippen LogP contribution in [0.3, 0.4) is 0 Å². The Bertz CT molecular complexity index is 408. The minimum Gasteiger partial charge on any atom is -0.342 e. The third-order valence-electron chi connectivity index (χ3n) is 3.10. The van der Waals surface area contributed by atoms with Crippen molar-refractivity contribution in [3.63, 3.8) is 0 Å². The Morgan fingerprint density at radius 3 is 2.94 bits per heavy atom. The fourth-order valence-electron chi connectivity index (χ4n) is 2.12. The molecule has 0 aliphatic carbocycles. The molecule has 0 spiro atoms. The summed E-state index contributed by atoms with van der Waals surface area (Å²) in [6.45, 7) is 1.81. The lowest BCUT2D eigenvalue weighted by Crippen LogP contribution is -2.30. The molecular weight excluding hydrogens is 346 g/mol. The molecule has 1 unspecified atom stereocenters. The molecule has 0 bridgehead atoms. The van der Waals surface area contributed by atoms with Crippen LogP contribution in [-0.2, 0) is 11.2 Å². The van der Waals surface area contributed by atoms with E-state index in [2.05, 4.69) is 31.9 Å². The molecule has 2 rings (SSSR count). The summed E-state index contributed by atoms with van der Waals surface area (Å²) < 4.78 is 1.03. The van der Waals surface area contributed by atoms with Crippen molar-refractivity contribution in [2.75, 3.05) is 18.4 Å². The lowest BCUT2D eigenvalue weighted by Gasteiger charge is -2.16. The lowest BCUT2D eigenvalue weighted by molar-refractivity contribution is -0.129. The molecule has 1 amide bonds. The van der Waals surface area contributed by atoms with E-state index in [0.29, 0.717) is 12.3 Å². The predicted molar refractivity (Wildman–Crippen MR) is 76.3 cm³/mol. The van der Waals surface area contributed by atoms with Crippen molar-refractivity contribution in [2.45, 2.75) is 12.8 Å². The predicted octanol–water partition coefficient (Wildman–Crippen LogP) is 3.24. The zero-order chi connectivity index (χ0) is 12.3. The number of likely N-dealkylation sites (tertiary alicyclic amines) is 1. The van der Waals surface area contributed by atoms with Crippen LogP contribution in [0.15, 0.2) is 28.7 Å². The number of carbonyl (C=O) groups is 1. The second-order valence-corrected chi connectivity index (χ2v) is 6.02. The van der Waals surface area contributed by atoms with Crippen LogP contribution in [0.4, 0.5) is 0 Å². The minimum atomic E-state index is 0.242. The van der Waals surface area contributed by atoms with Gasteiger partial charge in [0.05, 0.1) is 6.42 Å². The summed E-state index contributed by atoms with van der Waals surface area (Å²) in [5, 5.41) is 0.994. The van der Waals surface area contributed by atoms with Crippen LogP contribution in [-0.4, -0.2) is 29.2 Å². The number of alkyl halides is 1. The number of rotatable bonds is 3. The highest BCUT2D eigenvalue weighted by Crippen LogP contribution is 2.19. The number of benzene rings is 1. The van der Waals surface area contributed by atoms with Gasteiger partial charge in [-0.05, 0) is 30.0 Å². The first-order valence-electron chi connectivity index (χ1n) is 5.77. The van der Waals surface area contributed by atoms with Gasteiger partial charge in [-0.3, -0.25) is 4.79 Å². The molecule has 0 radical (unpaired) electrons. The summed E-state index contributed by atoms with van der Waals surface area (Å²) >= 11 is 6.91.